The predicted octanol–water partition coefficient (Wildman–Crippen LogP) is 0.220. The highest BCUT2D eigenvalue weighted by atomic mass is 16.5. The number of amides is 1. The number of nitrogens with zero attached hydrogens (tertiary/aromatic N) is 2. The lowest BCUT2D eigenvalue weighted by Gasteiger charge is -2.07. The number of hydrogen-bond acceptors (Lipinski definition) is 6. The van der Waals surface area contributed by atoms with E-state index in [0.29, 0.717) is 18.0 Å². The van der Waals surface area contributed by atoms with Gasteiger partial charge in [0.1, 0.15) is 6.10 Å². The topological polar surface area (TPSA) is 110 Å². The Labute approximate surface area is 119 Å². The number of carbonyl (C=O) groups is 1. The van der Waals surface area contributed by atoms with E-state index in [1.54, 1.807) is 6.07 Å². The van der Waals surface area contributed by atoms with Crippen molar-refractivity contribution in [3.63, 3.8) is 0 Å². The number of nitrogens with one attached hydrogen (secondary N) is 2. The van der Waals surface area contributed by atoms with Crippen LogP contribution in [0.2, 0.25) is 0 Å². The lowest BCUT2D eigenvalue weighted by atomic mass is 10.2. The number of pyridine rings is 1. The number of aromatic nitrogens is 3. The van der Waals surface area contributed by atoms with Crippen LogP contribution in [0, 0.1) is 0 Å². The largest absolute Gasteiger partial charge is 0.368 e. The molecular weight excluding hydrogens is 276 g/mol. The Balaban J connectivity index is 1.62. The summed E-state index contributed by atoms with van der Waals surface area (Å²) < 4.78 is 10.3. The van der Waals surface area contributed by atoms with Gasteiger partial charge < -0.3 is 19.6 Å². The lowest BCUT2D eigenvalue weighted by molar-refractivity contribution is -0.130. The minimum Gasteiger partial charge on any atom is -0.368 e. The van der Waals surface area contributed by atoms with Gasteiger partial charge in [-0.3, -0.25) is 9.59 Å². The molecule has 1 amide bonds. The standard InChI is InChI=1S/C13H14N4O4/c18-10-6-8(3-4-14-10)12-16-11(21-17-12)7-15-13(19)9-2-1-5-20-9/h3-4,6,9H,1-2,5,7H2,(H,14,18)(H,15,19). The van der Waals surface area contributed by atoms with E-state index in [9.17, 15) is 9.59 Å². The Morgan fingerprint density at radius 1 is 1.52 bits per heavy atom. The van der Waals surface area contributed by atoms with Crippen LogP contribution in [0.1, 0.15) is 18.7 Å². The molecule has 110 valence electrons. The number of rotatable bonds is 4. The number of carbonyl (C=O) groups excluding carboxylic acids is 1. The summed E-state index contributed by atoms with van der Waals surface area (Å²) >= 11 is 0. The molecule has 0 spiro atoms. The molecule has 0 bridgehead atoms. The zero-order chi connectivity index (χ0) is 14.7. The van der Waals surface area contributed by atoms with Crippen LogP contribution in [0.25, 0.3) is 11.4 Å². The van der Waals surface area contributed by atoms with E-state index in [1.165, 1.54) is 12.3 Å². The molecule has 0 aromatic carbocycles. The average molecular weight is 290 g/mol. The quantitative estimate of drug-likeness (QED) is 0.833. The number of ether oxygens (including phenoxy) is 1. The van der Waals surface area contributed by atoms with Gasteiger partial charge in [-0.1, -0.05) is 5.16 Å². The van der Waals surface area contributed by atoms with Crippen LogP contribution in [0.3, 0.4) is 0 Å². The maximum absolute atomic E-state index is 11.8. The second-order valence-corrected chi connectivity index (χ2v) is 4.67. The predicted molar refractivity (Wildman–Crippen MR) is 71.2 cm³/mol. The van der Waals surface area contributed by atoms with E-state index in [-0.39, 0.29) is 30.0 Å². The van der Waals surface area contributed by atoms with Gasteiger partial charge in [-0.15, -0.1) is 0 Å². The summed E-state index contributed by atoms with van der Waals surface area (Å²) in [6.07, 6.45) is 2.74. The van der Waals surface area contributed by atoms with Crippen molar-refractivity contribution in [1.29, 1.82) is 0 Å². The molecule has 1 aliphatic rings. The SMILES string of the molecule is O=C(NCc1nc(-c2cc[nH]c(=O)c2)no1)C1CCCO1. The van der Waals surface area contributed by atoms with Crippen molar-refractivity contribution in [1.82, 2.24) is 20.4 Å². The van der Waals surface area contributed by atoms with Gasteiger partial charge in [0, 0.05) is 24.4 Å². The van der Waals surface area contributed by atoms with Gasteiger partial charge in [0.2, 0.25) is 23.2 Å². The highest BCUT2D eigenvalue weighted by Crippen LogP contribution is 2.14. The molecule has 0 radical (unpaired) electrons. The van der Waals surface area contributed by atoms with Gasteiger partial charge in [0.25, 0.3) is 0 Å². The molecule has 2 N–H and O–H groups in total. The molecule has 0 saturated carbocycles. The molecular formula is C13H14N4O4. The van der Waals surface area contributed by atoms with Gasteiger partial charge in [0.15, 0.2) is 0 Å². The maximum atomic E-state index is 11.8. The smallest absolute Gasteiger partial charge is 0.249 e. The van der Waals surface area contributed by atoms with Crippen LogP contribution in [0.15, 0.2) is 27.6 Å². The van der Waals surface area contributed by atoms with Crippen LogP contribution >= 0.6 is 0 Å². The average Bonchev–Trinajstić information content (AvgIpc) is 3.16. The first kappa shape index (κ1) is 13.5. The van der Waals surface area contributed by atoms with E-state index >= 15 is 0 Å². The summed E-state index contributed by atoms with van der Waals surface area (Å²) in [5.41, 5.74) is 0.310. The van der Waals surface area contributed by atoms with E-state index in [2.05, 4.69) is 20.4 Å². The minimum absolute atomic E-state index is 0.134. The van der Waals surface area contributed by atoms with Crippen molar-refractivity contribution in [2.24, 2.45) is 0 Å². The Kier molecular flexibility index (Phi) is 3.78. The van der Waals surface area contributed by atoms with Crippen molar-refractivity contribution in [2.75, 3.05) is 6.61 Å². The second kappa shape index (κ2) is 5.88. The second-order valence-electron chi connectivity index (χ2n) is 4.67. The number of aromatic amines is 1. The third-order valence-electron chi connectivity index (χ3n) is 3.14. The molecule has 8 heteroatoms. The molecule has 2 aromatic rings. The van der Waals surface area contributed by atoms with Gasteiger partial charge in [-0.2, -0.15) is 4.98 Å². The zero-order valence-electron chi connectivity index (χ0n) is 11.2. The summed E-state index contributed by atoms with van der Waals surface area (Å²) in [5.74, 6) is 0.405. The van der Waals surface area contributed by atoms with Crippen LogP contribution in [0.4, 0.5) is 0 Å². The van der Waals surface area contributed by atoms with E-state index in [0.717, 1.165) is 12.8 Å². The highest BCUT2D eigenvalue weighted by molar-refractivity contribution is 5.80. The fourth-order valence-corrected chi connectivity index (χ4v) is 2.09. The van der Waals surface area contributed by atoms with Gasteiger partial charge in [-0.05, 0) is 18.9 Å². The van der Waals surface area contributed by atoms with Gasteiger partial charge >= 0.3 is 0 Å². The summed E-state index contributed by atoms with van der Waals surface area (Å²) in [4.78, 5) is 29.6. The fraction of sp³-hybridized carbons (Fsp3) is 0.385. The minimum atomic E-state index is -0.389. The van der Waals surface area contributed by atoms with E-state index in [1.807, 2.05) is 0 Å². The molecule has 1 aliphatic heterocycles. The van der Waals surface area contributed by atoms with Crippen molar-refractivity contribution < 1.29 is 14.1 Å². The monoisotopic (exact) mass is 290 g/mol. The van der Waals surface area contributed by atoms with Crippen molar-refractivity contribution >= 4 is 5.91 Å². The summed E-state index contributed by atoms with van der Waals surface area (Å²) in [7, 11) is 0. The molecule has 3 heterocycles. The molecule has 1 atom stereocenters. The van der Waals surface area contributed by atoms with Crippen LogP contribution in [-0.2, 0) is 16.1 Å². The lowest BCUT2D eigenvalue weighted by Crippen LogP contribution is -2.33. The van der Waals surface area contributed by atoms with E-state index in [4.69, 9.17) is 9.26 Å². The Morgan fingerprint density at radius 3 is 3.19 bits per heavy atom. The molecule has 2 aromatic heterocycles. The molecule has 21 heavy (non-hydrogen) atoms. The summed E-state index contributed by atoms with van der Waals surface area (Å²) in [6.45, 7) is 0.750. The fourth-order valence-electron chi connectivity index (χ4n) is 2.09. The first-order valence-electron chi connectivity index (χ1n) is 6.63. The van der Waals surface area contributed by atoms with Crippen LogP contribution in [0.5, 0.6) is 0 Å². The first-order chi connectivity index (χ1) is 10.2. The number of hydrogen-bond donors (Lipinski definition) is 2. The molecule has 3 rings (SSSR count). The van der Waals surface area contributed by atoms with Crippen LogP contribution < -0.4 is 10.9 Å². The summed E-state index contributed by atoms with van der Waals surface area (Å²) in [6, 6.07) is 3.04. The van der Waals surface area contributed by atoms with Gasteiger partial charge in [-0.25, -0.2) is 0 Å². The van der Waals surface area contributed by atoms with Crippen LogP contribution in [-0.4, -0.2) is 33.7 Å². The summed E-state index contributed by atoms with van der Waals surface area (Å²) in [5, 5.41) is 6.47. The van der Waals surface area contributed by atoms with Crippen molar-refractivity contribution in [3.05, 3.63) is 34.6 Å². The van der Waals surface area contributed by atoms with Crippen molar-refractivity contribution in [2.45, 2.75) is 25.5 Å². The van der Waals surface area contributed by atoms with E-state index < -0.39 is 0 Å². The normalized spacial score (nSPS) is 17.8. The third-order valence-corrected chi connectivity index (χ3v) is 3.14. The molecule has 1 saturated heterocycles. The third kappa shape index (κ3) is 3.16. The first-order valence-corrected chi connectivity index (χ1v) is 6.63. The molecule has 1 unspecified atom stereocenters. The zero-order valence-corrected chi connectivity index (χ0v) is 11.2. The number of H-pyrrole nitrogens is 1. The Hall–Kier alpha value is -2.48. The maximum Gasteiger partial charge on any atom is 0.249 e. The molecule has 1 fully saturated rings. The Morgan fingerprint density at radius 2 is 2.43 bits per heavy atom. The Bertz CT molecular complexity index is 687. The molecule has 8 nitrogen and oxygen atoms in total. The highest BCUT2D eigenvalue weighted by Gasteiger charge is 2.23. The molecule has 0 aliphatic carbocycles. The van der Waals surface area contributed by atoms with Gasteiger partial charge in [0.05, 0.1) is 6.54 Å². The van der Waals surface area contributed by atoms with Crippen molar-refractivity contribution in [3.8, 4) is 11.4 Å².